The van der Waals surface area contributed by atoms with Gasteiger partial charge in [0, 0.05) is 6.08 Å². The van der Waals surface area contributed by atoms with E-state index in [2.05, 4.69) is 4.74 Å². The summed E-state index contributed by atoms with van der Waals surface area (Å²) in [6.07, 6.45) is 1.62. The third kappa shape index (κ3) is 5.90. The quantitative estimate of drug-likeness (QED) is 0.452. The standard InChI is InChI=1S/C20H20O5/c1-24-20(23)17-9-7-16(8-10-17)18(13-19(21)22)11-12-25-14-15-5-3-2-4-6-15/h2-10,13H,11-12,14H2,1H3,(H,21,22)/b18-13-. The Morgan fingerprint density at radius 2 is 1.64 bits per heavy atom. The van der Waals surface area contributed by atoms with Gasteiger partial charge >= 0.3 is 11.9 Å². The smallest absolute Gasteiger partial charge is 0.337 e. The zero-order valence-corrected chi connectivity index (χ0v) is 14.0. The average molecular weight is 340 g/mol. The van der Waals surface area contributed by atoms with Gasteiger partial charge in [0.05, 0.1) is 25.9 Å². The number of carboxylic acid groups (broad SMARTS) is 1. The van der Waals surface area contributed by atoms with Gasteiger partial charge in [-0.05, 0) is 35.3 Å². The van der Waals surface area contributed by atoms with E-state index >= 15 is 0 Å². The van der Waals surface area contributed by atoms with Crippen molar-refractivity contribution in [2.24, 2.45) is 0 Å². The van der Waals surface area contributed by atoms with E-state index in [1.54, 1.807) is 24.3 Å². The molecule has 5 heteroatoms. The Kier molecular flexibility index (Phi) is 6.92. The van der Waals surface area contributed by atoms with Gasteiger partial charge in [-0.1, -0.05) is 42.5 Å². The summed E-state index contributed by atoms with van der Waals surface area (Å²) in [5.74, 6) is -1.45. The number of esters is 1. The van der Waals surface area contributed by atoms with Crippen molar-refractivity contribution in [2.45, 2.75) is 13.0 Å². The van der Waals surface area contributed by atoms with Gasteiger partial charge in [-0.15, -0.1) is 0 Å². The van der Waals surface area contributed by atoms with Gasteiger partial charge in [0.2, 0.25) is 0 Å². The fourth-order valence-electron chi connectivity index (χ4n) is 2.33. The zero-order valence-electron chi connectivity index (χ0n) is 14.0. The molecule has 0 amide bonds. The van der Waals surface area contributed by atoms with Crippen LogP contribution in [0.15, 0.2) is 60.7 Å². The molecular formula is C20H20O5. The molecule has 0 spiro atoms. The molecule has 1 N–H and O–H groups in total. The zero-order chi connectivity index (χ0) is 18.1. The Hall–Kier alpha value is -2.92. The van der Waals surface area contributed by atoms with Crippen LogP contribution in [-0.4, -0.2) is 30.8 Å². The average Bonchev–Trinajstić information content (AvgIpc) is 2.64. The lowest BCUT2D eigenvalue weighted by molar-refractivity contribution is -0.131. The van der Waals surface area contributed by atoms with Gasteiger partial charge in [-0.3, -0.25) is 0 Å². The number of methoxy groups -OCH3 is 1. The van der Waals surface area contributed by atoms with Crippen LogP contribution in [0.2, 0.25) is 0 Å². The molecular weight excluding hydrogens is 320 g/mol. The van der Waals surface area contributed by atoms with Gasteiger partial charge in [-0.2, -0.15) is 0 Å². The Balaban J connectivity index is 1.99. The lowest BCUT2D eigenvalue weighted by Gasteiger charge is -2.09. The van der Waals surface area contributed by atoms with E-state index in [1.807, 2.05) is 30.3 Å². The van der Waals surface area contributed by atoms with Gasteiger partial charge in [0.15, 0.2) is 0 Å². The molecule has 0 atom stereocenters. The van der Waals surface area contributed by atoms with Crippen LogP contribution < -0.4 is 0 Å². The van der Waals surface area contributed by atoms with E-state index in [-0.39, 0.29) is 0 Å². The largest absolute Gasteiger partial charge is 0.478 e. The summed E-state index contributed by atoms with van der Waals surface area (Å²) in [4.78, 5) is 22.5. The number of carbonyl (C=O) groups excluding carboxylic acids is 1. The summed E-state index contributed by atoms with van der Waals surface area (Å²) in [5.41, 5.74) is 2.85. The van der Waals surface area contributed by atoms with Crippen LogP contribution >= 0.6 is 0 Å². The molecule has 0 radical (unpaired) electrons. The topological polar surface area (TPSA) is 72.8 Å². The van der Waals surface area contributed by atoms with E-state index in [4.69, 9.17) is 9.84 Å². The molecule has 2 aromatic carbocycles. The van der Waals surface area contributed by atoms with Crippen LogP contribution in [-0.2, 0) is 20.9 Å². The summed E-state index contributed by atoms with van der Waals surface area (Å²) in [5, 5.41) is 9.07. The number of aliphatic carboxylic acids is 1. The minimum absolute atomic E-state index is 0.396. The Labute approximate surface area is 146 Å². The van der Waals surface area contributed by atoms with Gasteiger partial charge in [0.1, 0.15) is 0 Å². The highest BCUT2D eigenvalue weighted by Crippen LogP contribution is 2.20. The van der Waals surface area contributed by atoms with Crippen molar-refractivity contribution >= 4 is 17.5 Å². The van der Waals surface area contributed by atoms with E-state index in [9.17, 15) is 9.59 Å². The lowest BCUT2D eigenvalue weighted by atomic mass is 10.0. The molecule has 0 bridgehead atoms. The predicted octanol–water partition coefficient (Wildman–Crippen LogP) is 3.55. The molecule has 0 aliphatic carbocycles. The minimum Gasteiger partial charge on any atom is -0.478 e. The van der Waals surface area contributed by atoms with E-state index in [1.165, 1.54) is 13.2 Å². The van der Waals surface area contributed by atoms with Crippen LogP contribution in [0.5, 0.6) is 0 Å². The highest BCUT2D eigenvalue weighted by atomic mass is 16.5. The van der Waals surface area contributed by atoms with Gasteiger partial charge < -0.3 is 14.6 Å². The molecule has 5 nitrogen and oxygen atoms in total. The molecule has 0 aromatic heterocycles. The normalized spacial score (nSPS) is 11.2. The summed E-state index contributed by atoms with van der Waals surface area (Å²) in [6, 6.07) is 16.4. The van der Waals surface area contributed by atoms with Crippen molar-refractivity contribution in [3.8, 4) is 0 Å². The van der Waals surface area contributed by atoms with Crippen LogP contribution in [0.1, 0.15) is 27.9 Å². The van der Waals surface area contributed by atoms with Gasteiger partial charge in [-0.25, -0.2) is 9.59 Å². The predicted molar refractivity (Wildman–Crippen MR) is 94.1 cm³/mol. The van der Waals surface area contributed by atoms with Crippen LogP contribution in [0.4, 0.5) is 0 Å². The monoisotopic (exact) mass is 340 g/mol. The molecule has 0 saturated carbocycles. The summed E-state index contributed by atoms with van der Waals surface area (Å²) in [6.45, 7) is 0.870. The van der Waals surface area contributed by atoms with E-state index in [0.717, 1.165) is 11.1 Å². The summed E-state index contributed by atoms with van der Waals surface area (Å²) < 4.78 is 10.3. The highest BCUT2D eigenvalue weighted by Gasteiger charge is 2.08. The maximum Gasteiger partial charge on any atom is 0.337 e. The minimum atomic E-state index is -1.02. The first-order valence-corrected chi connectivity index (χ1v) is 7.84. The Morgan fingerprint density at radius 3 is 2.24 bits per heavy atom. The van der Waals surface area contributed by atoms with E-state index in [0.29, 0.717) is 30.8 Å². The third-order valence-electron chi connectivity index (χ3n) is 3.60. The number of hydrogen-bond donors (Lipinski definition) is 1. The van der Waals surface area contributed by atoms with Crippen molar-refractivity contribution in [3.63, 3.8) is 0 Å². The molecule has 2 aromatic rings. The van der Waals surface area contributed by atoms with Crippen LogP contribution in [0.25, 0.3) is 5.57 Å². The van der Waals surface area contributed by atoms with Gasteiger partial charge in [0.25, 0.3) is 0 Å². The lowest BCUT2D eigenvalue weighted by Crippen LogP contribution is -2.02. The second-order valence-electron chi connectivity index (χ2n) is 5.36. The number of hydrogen-bond acceptors (Lipinski definition) is 4. The summed E-state index contributed by atoms with van der Waals surface area (Å²) >= 11 is 0. The molecule has 130 valence electrons. The van der Waals surface area contributed by atoms with Crippen molar-refractivity contribution in [1.82, 2.24) is 0 Å². The number of benzene rings is 2. The fourth-order valence-corrected chi connectivity index (χ4v) is 2.33. The molecule has 0 aliphatic rings. The van der Waals surface area contributed by atoms with E-state index < -0.39 is 11.9 Å². The molecule has 25 heavy (non-hydrogen) atoms. The number of carbonyl (C=O) groups is 2. The maximum absolute atomic E-state index is 11.5. The molecule has 0 unspecified atom stereocenters. The first-order chi connectivity index (χ1) is 12.1. The van der Waals surface area contributed by atoms with Crippen molar-refractivity contribution in [3.05, 3.63) is 77.4 Å². The second-order valence-corrected chi connectivity index (χ2v) is 5.36. The molecule has 0 heterocycles. The number of rotatable bonds is 8. The number of carboxylic acids is 1. The second kappa shape index (κ2) is 9.39. The molecule has 2 rings (SSSR count). The highest BCUT2D eigenvalue weighted by molar-refractivity contribution is 5.92. The first-order valence-electron chi connectivity index (χ1n) is 7.84. The Morgan fingerprint density at radius 1 is 1.00 bits per heavy atom. The molecule has 0 aliphatic heterocycles. The van der Waals surface area contributed by atoms with Crippen molar-refractivity contribution in [2.75, 3.05) is 13.7 Å². The fraction of sp³-hybridized carbons (Fsp3) is 0.200. The molecule has 0 fully saturated rings. The maximum atomic E-state index is 11.5. The Bertz CT molecular complexity index is 732. The first kappa shape index (κ1) is 18.4. The SMILES string of the molecule is COC(=O)c1ccc(/C(=C\C(=O)O)CCOCc2ccccc2)cc1. The van der Waals surface area contributed by atoms with Crippen molar-refractivity contribution < 1.29 is 24.2 Å². The summed E-state index contributed by atoms with van der Waals surface area (Å²) in [7, 11) is 1.32. The van der Waals surface area contributed by atoms with Crippen molar-refractivity contribution in [1.29, 1.82) is 0 Å². The third-order valence-corrected chi connectivity index (χ3v) is 3.60. The van der Waals surface area contributed by atoms with Crippen LogP contribution in [0, 0.1) is 0 Å². The van der Waals surface area contributed by atoms with Crippen LogP contribution in [0.3, 0.4) is 0 Å². The number of ether oxygens (including phenoxy) is 2. The molecule has 0 saturated heterocycles.